The quantitative estimate of drug-likeness (QED) is 0.0833. The molecule has 51 heavy (non-hydrogen) atoms. The Kier molecular flexibility index (Phi) is 18.8. The van der Waals surface area contributed by atoms with Crippen molar-refractivity contribution in [2.24, 2.45) is 0 Å². The highest BCUT2D eigenvalue weighted by atomic mass is 35.5. The number of hydrogen-bond acceptors (Lipinski definition) is 12. The van der Waals surface area contributed by atoms with E-state index in [4.69, 9.17) is 18.9 Å². The molecule has 1 heterocycles. The number of alkyl halides is 3. The number of nitro benzene ring substituents is 1. The second-order valence-corrected chi connectivity index (χ2v) is 11.3. The Hall–Kier alpha value is -4.09. The van der Waals surface area contributed by atoms with Crippen LogP contribution in [0, 0.1) is 10.1 Å². The number of esters is 2. The highest BCUT2D eigenvalue weighted by molar-refractivity contribution is 6.00. The van der Waals surface area contributed by atoms with Gasteiger partial charge in [-0.2, -0.15) is 13.2 Å². The summed E-state index contributed by atoms with van der Waals surface area (Å²) in [7, 11) is 4.34. The summed E-state index contributed by atoms with van der Waals surface area (Å²) in [6.07, 6.45) is -4.85. The van der Waals surface area contributed by atoms with E-state index in [1.807, 2.05) is 18.2 Å². The van der Waals surface area contributed by atoms with Crippen LogP contribution < -0.4 is 20.1 Å². The Morgan fingerprint density at radius 2 is 1.73 bits per heavy atom. The molecule has 284 valence electrons. The van der Waals surface area contributed by atoms with Gasteiger partial charge < -0.3 is 39.6 Å². The lowest BCUT2D eigenvalue weighted by Crippen LogP contribution is -2.38. The van der Waals surface area contributed by atoms with Crippen LogP contribution in [0.1, 0.15) is 31.2 Å². The summed E-state index contributed by atoms with van der Waals surface area (Å²) in [5, 5.41) is 27.2. The summed E-state index contributed by atoms with van der Waals surface area (Å²) >= 11 is 0. The zero-order valence-electron chi connectivity index (χ0n) is 28.5. The monoisotopic (exact) mass is 766 g/mol. The third-order valence-corrected chi connectivity index (χ3v) is 7.33. The summed E-state index contributed by atoms with van der Waals surface area (Å²) in [5.74, 6) is -3.67. The van der Waals surface area contributed by atoms with Gasteiger partial charge in [-0.1, -0.05) is 18.2 Å². The Morgan fingerprint density at radius 3 is 2.33 bits per heavy atom. The first kappa shape index (κ1) is 44.9. The number of nitrogens with zero attached hydrogens (tertiary/aromatic N) is 2. The second-order valence-electron chi connectivity index (χ2n) is 11.3. The SMILES string of the molecule is COC(=O)C1=C(C(F)(F)F)NC(C)=C(C(=O)OCCN(C)C)C1c1cc([N+](=O)[O-])ccc1OCCCCNCC(O)COc1ccccc1.Cl.Cl. The molecular weight excluding hydrogens is 724 g/mol. The lowest BCUT2D eigenvalue weighted by molar-refractivity contribution is -0.384. The average molecular weight is 768 g/mol. The molecule has 0 saturated heterocycles. The number of dihydropyridines is 1. The number of aliphatic hydroxyl groups is 1. The van der Waals surface area contributed by atoms with E-state index in [9.17, 15) is 38.0 Å². The number of para-hydroxylation sites is 1. The topological polar surface area (TPSA) is 162 Å². The Morgan fingerprint density at radius 1 is 1.04 bits per heavy atom. The Balaban J connectivity index is 0.00000650. The first-order chi connectivity index (χ1) is 23.2. The molecule has 0 saturated carbocycles. The number of carbonyl (C=O) groups is 2. The number of likely N-dealkylation sites (N-methyl/N-ethyl adjacent to an activating group) is 1. The molecular formula is C33H43Cl2F3N4O9. The summed E-state index contributed by atoms with van der Waals surface area (Å²) in [6, 6.07) is 12.3. The number of non-ortho nitro benzene ring substituents is 1. The number of carbonyl (C=O) groups excluding carboxylic acids is 2. The number of benzene rings is 2. The largest absolute Gasteiger partial charge is 0.493 e. The number of nitro groups is 1. The number of ether oxygens (including phenoxy) is 4. The minimum Gasteiger partial charge on any atom is -0.493 e. The highest BCUT2D eigenvalue weighted by Crippen LogP contribution is 2.46. The number of rotatable bonds is 18. The molecule has 0 aliphatic carbocycles. The molecule has 0 aromatic heterocycles. The third-order valence-electron chi connectivity index (χ3n) is 7.33. The van der Waals surface area contributed by atoms with Crippen molar-refractivity contribution >= 4 is 42.4 Å². The van der Waals surface area contributed by atoms with Crippen molar-refractivity contribution < 1.29 is 51.7 Å². The van der Waals surface area contributed by atoms with Gasteiger partial charge in [-0.05, 0) is 58.6 Å². The minimum atomic E-state index is -5.10. The van der Waals surface area contributed by atoms with Crippen molar-refractivity contribution in [2.75, 3.05) is 60.7 Å². The van der Waals surface area contributed by atoms with E-state index in [2.05, 4.69) is 10.6 Å². The fourth-order valence-corrected chi connectivity index (χ4v) is 4.94. The van der Waals surface area contributed by atoms with Gasteiger partial charge in [-0.25, -0.2) is 9.59 Å². The van der Waals surface area contributed by atoms with E-state index in [1.54, 1.807) is 31.1 Å². The summed E-state index contributed by atoms with van der Waals surface area (Å²) in [6.45, 7) is 2.27. The van der Waals surface area contributed by atoms with Crippen molar-refractivity contribution in [3.05, 3.63) is 86.7 Å². The zero-order valence-corrected chi connectivity index (χ0v) is 30.1. The molecule has 18 heteroatoms. The van der Waals surface area contributed by atoms with Gasteiger partial charge in [0.25, 0.3) is 5.69 Å². The van der Waals surface area contributed by atoms with Crippen molar-refractivity contribution in [1.82, 2.24) is 15.5 Å². The van der Waals surface area contributed by atoms with Crippen LogP contribution in [0.3, 0.4) is 0 Å². The molecule has 0 fully saturated rings. The maximum Gasteiger partial charge on any atom is 0.431 e. The molecule has 2 aromatic rings. The molecule has 2 aromatic carbocycles. The van der Waals surface area contributed by atoms with E-state index >= 15 is 0 Å². The maximum absolute atomic E-state index is 14.4. The zero-order chi connectivity index (χ0) is 36.1. The fraction of sp³-hybridized carbons (Fsp3) is 0.455. The Bertz CT molecular complexity index is 1530. The molecule has 2 atom stereocenters. The predicted molar refractivity (Wildman–Crippen MR) is 186 cm³/mol. The first-order valence-corrected chi connectivity index (χ1v) is 15.4. The number of hydrogen-bond donors (Lipinski definition) is 3. The number of methoxy groups -OCH3 is 1. The van der Waals surface area contributed by atoms with Crippen LogP contribution in [0.15, 0.2) is 71.1 Å². The van der Waals surface area contributed by atoms with E-state index in [0.717, 1.165) is 19.2 Å². The predicted octanol–water partition coefficient (Wildman–Crippen LogP) is 4.68. The lowest BCUT2D eigenvalue weighted by Gasteiger charge is -2.32. The van der Waals surface area contributed by atoms with Crippen LogP contribution in [0.2, 0.25) is 0 Å². The van der Waals surface area contributed by atoms with E-state index in [1.165, 1.54) is 13.0 Å². The fourth-order valence-electron chi connectivity index (χ4n) is 4.94. The van der Waals surface area contributed by atoms with Crippen LogP contribution >= 0.6 is 24.8 Å². The van der Waals surface area contributed by atoms with Crippen molar-refractivity contribution in [3.63, 3.8) is 0 Å². The van der Waals surface area contributed by atoms with Crippen LogP contribution in [-0.4, -0.2) is 99.8 Å². The van der Waals surface area contributed by atoms with Gasteiger partial charge in [0.2, 0.25) is 0 Å². The smallest absolute Gasteiger partial charge is 0.431 e. The number of halogens is 5. The number of aliphatic hydroxyl groups excluding tert-OH is 1. The van der Waals surface area contributed by atoms with Gasteiger partial charge in [0.05, 0.1) is 35.7 Å². The molecule has 0 radical (unpaired) electrons. The van der Waals surface area contributed by atoms with Crippen LogP contribution in [-0.2, 0) is 19.1 Å². The molecule has 1 aliphatic rings. The van der Waals surface area contributed by atoms with Crippen LogP contribution in [0.25, 0.3) is 0 Å². The summed E-state index contributed by atoms with van der Waals surface area (Å²) in [5.41, 5.74) is -3.82. The molecule has 3 rings (SSSR count). The van der Waals surface area contributed by atoms with E-state index in [-0.39, 0.29) is 73.8 Å². The summed E-state index contributed by atoms with van der Waals surface area (Å²) in [4.78, 5) is 39.2. The normalized spacial score (nSPS) is 14.9. The lowest BCUT2D eigenvalue weighted by atomic mass is 9.79. The highest BCUT2D eigenvalue weighted by Gasteiger charge is 2.48. The van der Waals surface area contributed by atoms with Crippen molar-refractivity contribution in [2.45, 2.75) is 38.0 Å². The second kappa shape index (κ2) is 21.3. The Labute approximate surface area is 306 Å². The molecule has 0 bridgehead atoms. The number of nitrogens with one attached hydrogen (secondary N) is 2. The van der Waals surface area contributed by atoms with Crippen LogP contribution in [0.5, 0.6) is 11.5 Å². The molecule has 0 amide bonds. The van der Waals surface area contributed by atoms with Crippen molar-refractivity contribution in [3.8, 4) is 11.5 Å². The van der Waals surface area contributed by atoms with Gasteiger partial charge in [-0.3, -0.25) is 10.1 Å². The molecule has 13 nitrogen and oxygen atoms in total. The summed E-state index contributed by atoms with van der Waals surface area (Å²) < 4.78 is 64.6. The first-order valence-electron chi connectivity index (χ1n) is 15.4. The van der Waals surface area contributed by atoms with Crippen LogP contribution in [0.4, 0.5) is 18.9 Å². The van der Waals surface area contributed by atoms with Crippen molar-refractivity contribution in [1.29, 1.82) is 0 Å². The molecule has 3 N–H and O–H groups in total. The molecule has 2 unspecified atom stereocenters. The van der Waals surface area contributed by atoms with Gasteiger partial charge in [-0.15, -0.1) is 24.8 Å². The van der Waals surface area contributed by atoms with E-state index < -0.39 is 52.0 Å². The van der Waals surface area contributed by atoms with Gasteiger partial charge in [0, 0.05) is 36.5 Å². The van der Waals surface area contributed by atoms with E-state index in [0.29, 0.717) is 31.7 Å². The van der Waals surface area contributed by atoms with Gasteiger partial charge in [0.15, 0.2) is 0 Å². The molecule has 1 aliphatic heterocycles. The average Bonchev–Trinajstić information content (AvgIpc) is 3.05. The number of allylic oxidation sites excluding steroid dienone is 2. The van der Waals surface area contributed by atoms with Gasteiger partial charge >= 0.3 is 18.1 Å². The van der Waals surface area contributed by atoms with Gasteiger partial charge in [0.1, 0.15) is 36.5 Å². The maximum atomic E-state index is 14.4. The standard InChI is InChI=1S/C33H41F3N4O9.2ClH/c1-21-27(32(43)48-17-15-39(2)3)28(29(31(42)46-4)30(38-21)33(34,35)36)25-18-22(40(44)45)12-13-26(25)47-16-9-8-14-37-19-23(41)20-49-24-10-6-5-7-11-24;;/h5-7,10-13,18,23,28,37-38,41H,8-9,14-17,19-20H2,1-4H3;2*1H. The third kappa shape index (κ3) is 13.2. The minimum absolute atomic E-state index is 0. The molecule has 0 spiro atoms. The number of unbranched alkanes of at least 4 members (excludes halogenated alkanes) is 1.